The number of esters is 1. The van der Waals surface area contributed by atoms with Crippen LogP contribution in [0.3, 0.4) is 0 Å². The van der Waals surface area contributed by atoms with Gasteiger partial charge >= 0.3 is 5.97 Å². The van der Waals surface area contributed by atoms with Crippen molar-refractivity contribution in [1.82, 2.24) is 15.2 Å². The lowest BCUT2D eigenvalue weighted by atomic mass is 9.89. The first-order chi connectivity index (χ1) is 9.13. The Kier molecular flexibility index (Phi) is 3.79. The van der Waals surface area contributed by atoms with Gasteiger partial charge in [-0.25, -0.2) is 0 Å². The summed E-state index contributed by atoms with van der Waals surface area (Å²) in [6, 6.07) is 3.58. The van der Waals surface area contributed by atoms with Crippen LogP contribution < -0.4 is 5.56 Å². The molecular formula is C13H15N3O3. The van der Waals surface area contributed by atoms with E-state index in [1.165, 1.54) is 7.11 Å². The van der Waals surface area contributed by atoms with E-state index in [1.807, 2.05) is 0 Å². The first-order valence-corrected chi connectivity index (χ1v) is 5.87. The molecule has 6 nitrogen and oxygen atoms in total. The Labute approximate surface area is 109 Å². The van der Waals surface area contributed by atoms with Crippen LogP contribution in [0, 0.1) is 6.92 Å². The second kappa shape index (κ2) is 5.51. The summed E-state index contributed by atoms with van der Waals surface area (Å²) in [7, 11) is 1.33. The lowest BCUT2D eigenvalue weighted by molar-refractivity contribution is -0.140. The van der Waals surface area contributed by atoms with E-state index in [2.05, 4.69) is 15.2 Å². The molecule has 0 saturated carbocycles. The first kappa shape index (κ1) is 13.1. The number of hydrogen-bond acceptors (Lipinski definition) is 4. The Morgan fingerprint density at radius 2 is 2.05 bits per heavy atom. The van der Waals surface area contributed by atoms with E-state index in [-0.39, 0.29) is 23.9 Å². The molecule has 2 aromatic heterocycles. The van der Waals surface area contributed by atoms with Gasteiger partial charge in [-0.15, -0.1) is 0 Å². The smallest absolute Gasteiger partial charge is 0.306 e. The number of aromatic nitrogens is 3. The Morgan fingerprint density at radius 3 is 2.58 bits per heavy atom. The molecule has 0 aliphatic rings. The molecule has 1 atom stereocenters. The molecule has 0 radical (unpaired) electrons. The summed E-state index contributed by atoms with van der Waals surface area (Å²) in [5.74, 6) is -0.702. The predicted molar refractivity (Wildman–Crippen MR) is 68.9 cm³/mol. The van der Waals surface area contributed by atoms with Gasteiger partial charge in [-0.05, 0) is 24.6 Å². The molecule has 2 aromatic rings. The van der Waals surface area contributed by atoms with E-state index in [4.69, 9.17) is 4.74 Å². The molecule has 6 heteroatoms. The zero-order valence-electron chi connectivity index (χ0n) is 10.8. The second-order valence-corrected chi connectivity index (χ2v) is 4.23. The summed E-state index contributed by atoms with van der Waals surface area (Å²) in [4.78, 5) is 27.4. The molecule has 19 heavy (non-hydrogen) atoms. The highest BCUT2D eigenvalue weighted by molar-refractivity contribution is 5.71. The highest BCUT2D eigenvalue weighted by Crippen LogP contribution is 2.27. The largest absolute Gasteiger partial charge is 0.469 e. The average Bonchev–Trinajstić information content (AvgIpc) is 2.76. The van der Waals surface area contributed by atoms with Crippen molar-refractivity contribution in [2.45, 2.75) is 19.3 Å². The van der Waals surface area contributed by atoms with Crippen LogP contribution in [0.4, 0.5) is 0 Å². The summed E-state index contributed by atoms with van der Waals surface area (Å²) in [5.41, 5.74) is 1.91. The first-order valence-electron chi connectivity index (χ1n) is 5.87. The van der Waals surface area contributed by atoms with E-state index in [1.54, 1.807) is 31.5 Å². The number of rotatable bonds is 4. The summed E-state index contributed by atoms with van der Waals surface area (Å²) >= 11 is 0. The predicted octanol–water partition coefficient (Wildman–Crippen LogP) is 1.10. The van der Waals surface area contributed by atoms with Gasteiger partial charge < -0.3 is 9.84 Å². The van der Waals surface area contributed by atoms with E-state index in [9.17, 15) is 9.59 Å². The molecule has 0 spiro atoms. The van der Waals surface area contributed by atoms with Gasteiger partial charge in [0.2, 0.25) is 0 Å². The van der Waals surface area contributed by atoms with Gasteiger partial charge in [-0.3, -0.25) is 19.7 Å². The average molecular weight is 261 g/mol. The quantitative estimate of drug-likeness (QED) is 0.807. The molecule has 0 fully saturated rings. The second-order valence-electron chi connectivity index (χ2n) is 4.23. The van der Waals surface area contributed by atoms with Crippen molar-refractivity contribution < 1.29 is 9.53 Å². The molecule has 2 heterocycles. The van der Waals surface area contributed by atoms with Gasteiger partial charge in [0.05, 0.1) is 13.5 Å². The summed E-state index contributed by atoms with van der Waals surface area (Å²) in [6.07, 6.45) is 3.38. The van der Waals surface area contributed by atoms with Crippen LogP contribution in [0.25, 0.3) is 0 Å². The molecule has 0 amide bonds. The van der Waals surface area contributed by atoms with Crippen molar-refractivity contribution in [3.63, 3.8) is 0 Å². The maximum atomic E-state index is 11.9. The number of aromatic amines is 2. The molecule has 2 rings (SSSR count). The monoisotopic (exact) mass is 261 g/mol. The van der Waals surface area contributed by atoms with Gasteiger partial charge in [0, 0.05) is 29.6 Å². The van der Waals surface area contributed by atoms with Crippen molar-refractivity contribution in [3.05, 3.63) is 51.7 Å². The molecule has 2 N–H and O–H groups in total. The SMILES string of the molecule is COC(=O)C[C@@H](c1ccncc1)c1c(C)[nH][nH]c1=O. The van der Waals surface area contributed by atoms with E-state index >= 15 is 0 Å². The zero-order chi connectivity index (χ0) is 13.8. The van der Waals surface area contributed by atoms with E-state index in [0.29, 0.717) is 5.56 Å². The van der Waals surface area contributed by atoms with Crippen LogP contribution in [0.15, 0.2) is 29.3 Å². The molecule has 100 valence electrons. The third-order valence-electron chi connectivity index (χ3n) is 3.07. The van der Waals surface area contributed by atoms with Crippen LogP contribution in [0.1, 0.15) is 29.2 Å². The number of methoxy groups -OCH3 is 1. The lowest BCUT2D eigenvalue weighted by Crippen LogP contribution is -2.17. The highest BCUT2D eigenvalue weighted by Gasteiger charge is 2.24. The molecular weight excluding hydrogens is 246 g/mol. The number of aryl methyl sites for hydroxylation is 1. The summed E-state index contributed by atoms with van der Waals surface area (Å²) < 4.78 is 4.70. The van der Waals surface area contributed by atoms with Gasteiger partial charge in [0.25, 0.3) is 5.56 Å². The zero-order valence-corrected chi connectivity index (χ0v) is 10.8. The summed E-state index contributed by atoms with van der Waals surface area (Å²) in [5, 5.41) is 5.30. The standard InChI is InChI=1S/C13H15N3O3/c1-8-12(13(18)16-15-8)10(7-11(17)19-2)9-3-5-14-6-4-9/h3-6,10H,7H2,1-2H3,(H2,15,16,18)/t10-/m0/s1. The number of hydrogen-bond donors (Lipinski definition) is 2. The number of pyridine rings is 1. The van der Waals surface area contributed by atoms with Crippen LogP contribution in [0.2, 0.25) is 0 Å². The fraction of sp³-hybridized carbons (Fsp3) is 0.308. The van der Waals surface area contributed by atoms with Crippen LogP contribution in [-0.2, 0) is 9.53 Å². The number of nitrogens with one attached hydrogen (secondary N) is 2. The van der Waals surface area contributed by atoms with Gasteiger partial charge in [-0.1, -0.05) is 0 Å². The summed E-state index contributed by atoms with van der Waals surface area (Å²) in [6.45, 7) is 1.79. The third kappa shape index (κ3) is 2.73. The van der Waals surface area contributed by atoms with Crippen molar-refractivity contribution in [1.29, 1.82) is 0 Å². The Bertz CT molecular complexity index is 616. The number of H-pyrrole nitrogens is 2. The van der Waals surface area contributed by atoms with E-state index in [0.717, 1.165) is 11.3 Å². The van der Waals surface area contributed by atoms with Gasteiger partial charge in [-0.2, -0.15) is 0 Å². The van der Waals surface area contributed by atoms with Gasteiger partial charge in [0.15, 0.2) is 0 Å². The topological polar surface area (TPSA) is 87.8 Å². The fourth-order valence-electron chi connectivity index (χ4n) is 2.11. The number of nitrogens with zero attached hydrogens (tertiary/aromatic N) is 1. The van der Waals surface area contributed by atoms with E-state index < -0.39 is 0 Å². The fourth-order valence-corrected chi connectivity index (χ4v) is 2.11. The maximum absolute atomic E-state index is 11.9. The van der Waals surface area contributed by atoms with Crippen molar-refractivity contribution in [3.8, 4) is 0 Å². The number of carbonyl (C=O) groups excluding carboxylic acids is 1. The maximum Gasteiger partial charge on any atom is 0.306 e. The van der Waals surface area contributed by atoms with Crippen molar-refractivity contribution >= 4 is 5.97 Å². The number of ether oxygens (including phenoxy) is 1. The molecule has 0 aliphatic heterocycles. The Hall–Kier alpha value is -2.37. The minimum Gasteiger partial charge on any atom is -0.469 e. The third-order valence-corrected chi connectivity index (χ3v) is 3.07. The lowest BCUT2D eigenvalue weighted by Gasteiger charge is -2.14. The molecule has 0 aliphatic carbocycles. The molecule has 0 unspecified atom stereocenters. The molecule has 0 saturated heterocycles. The Balaban J connectivity index is 2.46. The molecule has 0 aromatic carbocycles. The highest BCUT2D eigenvalue weighted by atomic mass is 16.5. The van der Waals surface area contributed by atoms with Crippen LogP contribution in [-0.4, -0.2) is 28.3 Å². The molecule has 0 bridgehead atoms. The van der Waals surface area contributed by atoms with Crippen molar-refractivity contribution in [2.75, 3.05) is 7.11 Å². The minimum absolute atomic E-state index is 0.113. The normalized spacial score (nSPS) is 12.1. The van der Waals surface area contributed by atoms with Gasteiger partial charge in [0.1, 0.15) is 0 Å². The minimum atomic E-state index is -0.359. The van der Waals surface area contributed by atoms with Crippen LogP contribution >= 0.6 is 0 Å². The van der Waals surface area contributed by atoms with Crippen molar-refractivity contribution in [2.24, 2.45) is 0 Å². The Morgan fingerprint density at radius 1 is 1.37 bits per heavy atom. The van der Waals surface area contributed by atoms with Crippen LogP contribution in [0.5, 0.6) is 0 Å². The number of carbonyl (C=O) groups is 1.